The summed E-state index contributed by atoms with van der Waals surface area (Å²) in [5.74, 6) is -0.511. The number of aromatic nitrogens is 2. The van der Waals surface area contributed by atoms with Crippen LogP contribution in [0.15, 0.2) is 36.5 Å². The van der Waals surface area contributed by atoms with Crippen molar-refractivity contribution >= 4 is 18.2 Å². The summed E-state index contributed by atoms with van der Waals surface area (Å²) in [5.41, 5.74) is 6.68. The Morgan fingerprint density at radius 3 is 2.76 bits per heavy atom. The Hall–Kier alpha value is -2.63. The third-order valence-corrected chi connectivity index (χ3v) is 2.19. The predicted molar refractivity (Wildman–Crippen MR) is 62.2 cm³/mol. The first-order valence-electron chi connectivity index (χ1n) is 4.83. The summed E-state index contributed by atoms with van der Waals surface area (Å²) in [6.07, 6.45) is 1.87. The molecule has 0 unspecified atom stereocenters. The number of carbonyl (C=O) groups is 1. The average Bonchev–Trinajstić information content (AvgIpc) is 2.72. The molecule has 0 aliphatic rings. The summed E-state index contributed by atoms with van der Waals surface area (Å²) in [4.78, 5) is 11.4. The smallest absolute Gasteiger partial charge is 0.349 e. The number of nitrogens with two attached hydrogens (primary N) is 1. The molecule has 0 aliphatic heterocycles. The lowest BCUT2D eigenvalue weighted by atomic mass is 10.3. The topological polar surface area (TPSA) is 94.0 Å². The SMILES string of the molecule is N=COC(=O)c1cnn(-c2ccccc2)c1N. The first-order valence-corrected chi connectivity index (χ1v) is 4.83. The number of para-hydroxylation sites is 1. The van der Waals surface area contributed by atoms with E-state index in [-0.39, 0.29) is 11.4 Å². The van der Waals surface area contributed by atoms with Crippen molar-refractivity contribution in [1.82, 2.24) is 9.78 Å². The monoisotopic (exact) mass is 230 g/mol. The van der Waals surface area contributed by atoms with Gasteiger partial charge in [0.25, 0.3) is 0 Å². The van der Waals surface area contributed by atoms with Crippen LogP contribution in [0.2, 0.25) is 0 Å². The number of nitrogens with zero attached hydrogens (tertiary/aromatic N) is 2. The number of nitrogen functional groups attached to an aromatic ring is 1. The number of hydrogen-bond donors (Lipinski definition) is 2. The number of rotatable bonds is 3. The summed E-state index contributed by atoms with van der Waals surface area (Å²) in [6.45, 7) is 0. The Balaban J connectivity index is 2.40. The van der Waals surface area contributed by atoms with Crippen molar-refractivity contribution in [2.75, 3.05) is 5.73 Å². The van der Waals surface area contributed by atoms with E-state index >= 15 is 0 Å². The van der Waals surface area contributed by atoms with Crippen LogP contribution >= 0.6 is 0 Å². The molecule has 17 heavy (non-hydrogen) atoms. The molecule has 0 atom stereocenters. The van der Waals surface area contributed by atoms with Crippen molar-refractivity contribution in [2.45, 2.75) is 0 Å². The van der Waals surface area contributed by atoms with Gasteiger partial charge in [-0.1, -0.05) is 18.2 Å². The number of hydrogen-bond acceptors (Lipinski definition) is 5. The van der Waals surface area contributed by atoms with E-state index in [4.69, 9.17) is 11.1 Å². The van der Waals surface area contributed by atoms with Crippen LogP contribution in [0.3, 0.4) is 0 Å². The molecule has 86 valence electrons. The largest absolute Gasteiger partial charge is 0.411 e. The Bertz CT molecular complexity index is 548. The highest BCUT2D eigenvalue weighted by Gasteiger charge is 2.16. The van der Waals surface area contributed by atoms with Crippen molar-refractivity contribution in [2.24, 2.45) is 0 Å². The van der Waals surface area contributed by atoms with Gasteiger partial charge in [-0.15, -0.1) is 0 Å². The lowest BCUT2D eigenvalue weighted by molar-refractivity contribution is 0.0728. The van der Waals surface area contributed by atoms with Crippen LogP contribution in [0, 0.1) is 5.41 Å². The molecule has 0 saturated heterocycles. The molecular weight excluding hydrogens is 220 g/mol. The van der Waals surface area contributed by atoms with Crippen molar-refractivity contribution < 1.29 is 9.53 Å². The number of nitrogens with one attached hydrogen (secondary N) is 1. The van der Waals surface area contributed by atoms with Crippen LogP contribution in [0.4, 0.5) is 5.82 Å². The molecule has 1 aromatic carbocycles. The summed E-state index contributed by atoms with van der Waals surface area (Å²) in [6, 6.07) is 9.18. The maximum atomic E-state index is 11.4. The number of ether oxygens (including phenoxy) is 1. The fourth-order valence-electron chi connectivity index (χ4n) is 1.41. The molecule has 6 heteroatoms. The van der Waals surface area contributed by atoms with Gasteiger partial charge in [0.2, 0.25) is 0 Å². The molecule has 2 aromatic rings. The Labute approximate surface area is 97.1 Å². The van der Waals surface area contributed by atoms with Gasteiger partial charge in [0.15, 0.2) is 6.40 Å². The van der Waals surface area contributed by atoms with Gasteiger partial charge in [-0.3, -0.25) is 5.41 Å². The van der Waals surface area contributed by atoms with Crippen molar-refractivity contribution in [3.63, 3.8) is 0 Å². The molecule has 6 nitrogen and oxygen atoms in total. The average molecular weight is 230 g/mol. The van der Waals surface area contributed by atoms with Crippen LogP contribution in [0.25, 0.3) is 5.69 Å². The van der Waals surface area contributed by atoms with Gasteiger partial charge in [0, 0.05) is 0 Å². The number of carbonyl (C=O) groups excluding carboxylic acids is 1. The molecule has 0 spiro atoms. The lowest BCUT2D eigenvalue weighted by Crippen LogP contribution is -2.08. The molecular formula is C11H10N4O2. The van der Waals surface area contributed by atoms with Crippen LogP contribution in [0.1, 0.15) is 10.4 Å². The first-order chi connectivity index (χ1) is 8.24. The zero-order valence-electron chi connectivity index (χ0n) is 8.83. The Morgan fingerprint density at radius 1 is 1.41 bits per heavy atom. The van der Waals surface area contributed by atoms with Gasteiger partial charge in [-0.25, -0.2) is 9.48 Å². The van der Waals surface area contributed by atoms with E-state index in [9.17, 15) is 4.79 Å². The number of esters is 1. The molecule has 0 radical (unpaired) electrons. The minimum absolute atomic E-state index is 0.136. The summed E-state index contributed by atoms with van der Waals surface area (Å²) >= 11 is 0. The maximum absolute atomic E-state index is 11.4. The highest BCUT2D eigenvalue weighted by Crippen LogP contribution is 2.17. The van der Waals surface area contributed by atoms with Gasteiger partial charge in [0.05, 0.1) is 11.9 Å². The maximum Gasteiger partial charge on any atom is 0.349 e. The van der Waals surface area contributed by atoms with Crippen LogP contribution in [-0.4, -0.2) is 22.2 Å². The standard InChI is InChI=1S/C11H10N4O2/c12-7-17-11(16)9-6-14-15(10(9)13)8-4-2-1-3-5-8/h1-7,12H,13H2. The lowest BCUT2D eigenvalue weighted by Gasteiger charge is -2.03. The van der Waals surface area contributed by atoms with E-state index in [1.54, 1.807) is 0 Å². The first kappa shape index (κ1) is 10.9. The highest BCUT2D eigenvalue weighted by molar-refractivity contribution is 5.97. The van der Waals surface area contributed by atoms with E-state index in [0.717, 1.165) is 5.69 Å². The van der Waals surface area contributed by atoms with E-state index < -0.39 is 5.97 Å². The normalized spacial score (nSPS) is 9.88. The molecule has 3 N–H and O–H groups in total. The van der Waals surface area contributed by atoms with Crippen molar-refractivity contribution in [1.29, 1.82) is 5.41 Å². The minimum Gasteiger partial charge on any atom is -0.411 e. The quantitative estimate of drug-likeness (QED) is 0.471. The van der Waals surface area contributed by atoms with Crippen LogP contribution in [-0.2, 0) is 4.74 Å². The van der Waals surface area contributed by atoms with Crippen LogP contribution in [0.5, 0.6) is 0 Å². The predicted octanol–water partition coefficient (Wildman–Crippen LogP) is 1.22. The second-order valence-electron chi connectivity index (χ2n) is 3.21. The Morgan fingerprint density at radius 2 is 2.12 bits per heavy atom. The van der Waals surface area contributed by atoms with Gasteiger partial charge < -0.3 is 10.5 Å². The molecule has 0 aliphatic carbocycles. The summed E-state index contributed by atoms with van der Waals surface area (Å²) in [5, 5.41) is 10.7. The second kappa shape index (κ2) is 4.48. The van der Waals surface area contributed by atoms with Gasteiger partial charge in [0.1, 0.15) is 11.4 Å². The fraction of sp³-hybridized carbons (Fsp3) is 0. The van der Waals surface area contributed by atoms with Gasteiger partial charge in [-0.2, -0.15) is 5.10 Å². The third kappa shape index (κ3) is 2.00. The molecule has 0 saturated carbocycles. The number of benzene rings is 1. The van der Waals surface area contributed by atoms with E-state index in [2.05, 4.69) is 9.84 Å². The Kier molecular flexibility index (Phi) is 2.87. The van der Waals surface area contributed by atoms with Crippen LogP contribution < -0.4 is 5.73 Å². The minimum atomic E-state index is -0.695. The van der Waals surface area contributed by atoms with E-state index in [1.807, 2.05) is 30.3 Å². The fourth-order valence-corrected chi connectivity index (χ4v) is 1.41. The molecule has 1 heterocycles. The van der Waals surface area contributed by atoms with Crippen molar-refractivity contribution in [3.05, 3.63) is 42.1 Å². The van der Waals surface area contributed by atoms with E-state index in [0.29, 0.717) is 6.40 Å². The molecule has 1 aromatic heterocycles. The zero-order valence-corrected chi connectivity index (χ0v) is 8.83. The molecule has 0 fully saturated rings. The molecule has 2 rings (SSSR count). The molecule has 0 bridgehead atoms. The van der Waals surface area contributed by atoms with Gasteiger partial charge >= 0.3 is 5.97 Å². The van der Waals surface area contributed by atoms with E-state index in [1.165, 1.54) is 10.9 Å². The summed E-state index contributed by atoms with van der Waals surface area (Å²) in [7, 11) is 0. The van der Waals surface area contributed by atoms with Gasteiger partial charge in [-0.05, 0) is 12.1 Å². The molecule has 0 amide bonds. The third-order valence-electron chi connectivity index (χ3n) is 2.19. The van der Waals surface area contributed by atoms with Crippen molar-refractivity contribution in [3.8, 4) is 5.69 Å². The second-order valence-corrected chi connectivity index (χ2v) is 3.21. The zero-order chi connectivity index (χ0) is 12.3. The number of anilines is 1. The highest BCUT2D eigenvalue weighted by atomic mass is 16.5. The summed E-state index contributed by atoms with van der Waals surface area (Å²) < 4.78 is 5.86.